The zero-order valence-electron chi connectivity index (χ0n) is 22.1. The molecule has 1 aliphatic heterocycles. The Morgan fingerprint density at radius 3 is 2.45 bits per heavy atom. The predicted octanol–water partition coefficient (Wildman–Crippen LogP) is 2.21. The van der Waals surface area contributed by atoms with E-state index >= 15 is 0 Å². The van der Waals surface area contributed by atoms with Crippen molar-refractivity contribution in [1.29, 1.82) is 0 Å². The van der Waals surface area contributed by atoms with Crippen LogP contribution in [0.2, 0.25) is 0 Å². The molecule has 2 aromatic carbocycles. The van der Waals surface area contributed by atoms with Crippen molar-refractivity contribution in [3.05, 3.63) is 83.8 Å². The van der Waals surface area contributed by atoms with E-state index < -0.39 is 5.91 Å². The summed E-state index contributed by atoms with van der Waals surface area (Å²) in [6.07, 6.45) is 2.10. The lowest BCUT2D eigenvalue weighted by molar-refractivity contribution is -0.133. The van der Waals surface area contributed by atoms with E-state index in [1.165, 1.54) is 7.11 Å². The third kappa shape index (κ3) is 5.94. The minimum atomic E-state index is -0.412. The van der Waals surface area contributed by atoms with Crippen LogP contribution in [0.3, 0.4) is 0 Å². The second-order valence-corrected chi connectivity index (χ2v) is 9.42. The summed E-state index contributed by atoms with van der Waals surface area (Å²) in [5.41, 5.74) is 2.54. The van der Waals surface area contributed by atoms with Crippen molar-refractivity contribution in [3.63, 3.8) is 0 Å². The van der Waals surface area contributed by atoms with Crippen LogP contribution in [0.1, 0.15) is 26.5 Å². The Morgan fingerprint density at radius 1 is 0.975 bits per heavy atom. The lowest BCUT2D eigenvalue weighted by Crippen LogP contribution is -2.51. The first-order valence-electron chi connectivity index (χ1n) is 13.0. The van der Waals surface area contributed by atoms with Gasteiger partial charge in [-0.3, -0.25) is 19.1 Å². The third-order valence-electron chi connectivity index (χ3n) is 6.77. The fourth-order valence-corrected chi connectivity index (χ4v) is 4.66. The van der Waals surface area contributed by atoms with Gasteiger partial charge in [0.25, 0.3) is 11.8 Å². The summed E-state index contributed by atoms with van der Waals surface area (Å²) in [6, 6.07) is 17.6. The minimum Gasteiger partial charge on any atom is -0.494 e. The zero-order chi connectivity index (χ0) is 28.1. The Labute approximate surface area is 231 Å². The molecule has 40 heavy (non-hydrogen) atoms. The van der Waals surface area contributed by atoms with Crippen molar-refractivity contribution in [2.75, 3.05) is 45.2 Å². The number of anilines is 1. The molecule has 0 atom stereocenters. The Balaban J connectivity index is 1.24. The molecule has 1 aliphatic rings. The molecule has 4 aromatic rings. The van der Waals surface area contributed by atoms with Crippen LogP contribution in [-0.4, -0.2) is 87.3 Å². The summed E-state index contributed by atoms with van der Waals surface area (Å²) in [5.74, 6) is -0.113. The van der Waals surface area contributed by atoms with Crippen LogP contribution in [0.15, 0.2) is 66.9 Å². The summed E-state index contributed by atoms with van der Waals surface area (Å²) in [7, 11) is 1.50. The molecular weight excluding hydrogens is 512 g/mol. The maximum absolute atomic E-state index is 13.0. The molecular formula is C29H30N6O5. The SMILES string of the molecule is COc1cc2nn(CC(=O)N3CCN(C(=O)c4ccccc4)CC3)cc2cc1NC(=O)c1cccc(CCO)n1. The van der Waals surface area contributed by atoms with Gasteiger partial charge in [-0.15, -0.1) is 0 Å². The van der Waals surface area contributed by atoms with E-state index in [2.05, 4.69) is 15.4 Å². The van der Waals surface area contributed by atoms with Crippen molar-refractivity contribution in [3.8, 4) is 5.75 Å². The van der Waals surface area contributed by atoms with E-state index in [1.807, 2.05) is 18.2 Å². The van der Waals surface area contributed by atoms with Crippen LogP contribution in [-0.2, 0) is 17.8 Å². The summed E-state index contributed by atoms with van der Waals surface area (Å²) in [5, 5.41) is 17.2. The fraction of sp³-hybridized carbons (Fsp3) is 0.276. The third-order valence-corrected chi connectivity index (χ3v) is 6.77. The largest absolute Gasteiger partial charge is 0.494 e. The summed E-state index contributed by atoms with van der Waals surface area (Å²) in [6.45, 7) is 1.84. The highest BCUT2D eigenvalue weighted by Gasteiger charge is 2.25. The van der Waals surface area contributed by atoms with Crippen molar-refractivity contribution < 1.29 is 24.2 Å². The van der Waals surface area contributed by atoms with Crippen molar-refractivity contribution >= 4 is 34.3 Å². The molecule has 2 N–H and O–H groups in total. The second kappa shape index (κ2) is 12.0. The molecule has 11 heteroatoms. The van der Waals surface area contributed by atoms with Gasteiger partial charge in [-0.25, -0.2) is 4.98 Å². The smallest absolute Gasteiger partial charge is 0.274 e. The lowest BCUT2D eigenvalue weighted by atomic mass is 10.2. The van der Waals surface area contributed by atoms with Gasteiger partial charge in [-0.2, -0.15) is 5.10 Å². The van der Waals surface area contributed by atoms with E-state index in [4.69, 9.17) is 9.84 Å². The molecule has 1 saturated heterocycles. The number of hydrogen-bond acceptors (Lipinski definition) is 7. The number of amides is 3. The molecule has 206 valence electrons. The van der Waals surface area contributed by atoms with Gasteiger partial charge in [0.1, 0.15) is 18.0 Å². The Morgan fingerprint density at radius 2 is 1.73 bits per heavy atom. The predicted molar refractivity (Wildman–Crippen MR) is 148 cm³/mol. The first kappa shape index (κ1) is 26.8. The van der Waals surface area contributed by atoms with Crippen LogP contribution in [0.25, 0.3) is 10.9 Å². The van der Waals surface area contributed by atoms with Crippen LogP contribution >= 0.6 is 0 Å². The maximum Gasteiger partial charge on any atom is 0.274 e. The Hall–Kier alpha value is -4.77. The summed E-state index contributed by atoms with van der Waals surface area (Å²) < 4.78 is 7.04. The van der Waals surface area contributed by atoms with E-state index in [1.54, 1.807) is 63.1 Å². The van der Waals surface area contributed by atoms with Crippen LogP contribution in [0.5, 0.6) is 5.75 Å². The summed E-state index contributed by atoms with van der Waals surface area (Å²) in [4.78, 5) is 46.4. The number of ether oxygens (including phenoxy) is 1. The van der Waals surface area contributed by atoms with Crippen molar-refractivity contribution in [1.82, 2.24) is 24.6 Å². The maximum atomic E-state index is 13.0. The van der Waals surface area contributed by atoms with Gasteiger partial charge in [-0.1, -0.05) is 24.3 Å². The number of aromatic nitrogens is 3. The molecule has 3 heterocycles. The molecule has 0 bridgehead atoms. The van der Waals surface area contributed by atoms with Crippen molar-refractivity contribution in [2.24, 2.45) is 0 Å². The number of nitrogens with one attached hydrogen (secondary N) is 1. The highest BCUT2D eigenvalue weighted by molar-refractivity contribution is 6.05. The molecule has 0 spiro atoms. The van der Waals surface area contributed by atoms with Gasteiger partial charge in [0.15, 0.2) is 0 Å². The molecule has 1 fully saturated rings. The van der Waals surface area contributed by atoms with E-state index in [0.29, 0.717) is 60.8 Å². The highest BCUT2D eigenvalue weighted by atomic mass is 16.5. The number of aliphatic hydroxyl groups is 1. The van der Waals surface area contributed by atoms with Gasteiger partial charge in [-0.05, 0) is 30.3 Å². The number of methoxy groups -OCH3 is 1. The summed E-state index contributed by atoms with van der Waals surface area (Å²) >= 11 is 0. The number of pyridine rings is 1. The number of benzene rings is 2. The fourth-order valence-electron chi connectivity index (χ4n) is 4.66. The molecule has 0 radical (unpaired) electrons. The Kier molecular flexibility index (Phi) is 8.02. The van der Waals surface area contributed by atoms with Gasteiger partial charge < -0.3 is 25.0 Å². The average molecular weight is 543 g/mol. The van der Waals surface area contributed by atoms with E-state index in [-0.39, 0.29) is 30.7 Å². The first-order valence-corrected chi connectivity index (χ1v) is 13.0. The van der Waals surface area contributed by atoms with Crippen LogP contribution in [0.4, 0.5) is 5.69 Å². The number of carbonyl (C=O) groups is 3. The van der Waals surface area contributed by atoms with Gasteiger partial charge >= 0.3 is 0 Å². The number of hydrogen-bond donors (Lipinski definition) is 2. The van der Waals surface area contributed by atoms with Gasteiger partial charge in [0.05, 0.1) is 18.3 Å². The number of fused-ring (bicyclic) bond motifs is 1. The molecule has 0 aliphatic carbocycles. The topological polar surface area (TPSA) is 130 Å². The van der Waals surface area contributed by atoms with Crippen LogP contribution < -0.4 is 10.1 Å². The average Bonchev–Trinajstić information content (AvgIpc) is 3.38. The normalized spacial score (nSPS) is 13.3. The number of rotatable bonds is 8. The Bertz CT molecular complexity index is 1530. The quantitative estimate of drug-likeness (QED) is 0.349. The molecule has 0 saturated carbocycles. The number of carbonyl (C=O) groups excluding carboxylic acids is 3. The monoisotopic (exact) mass is 542 g/mol. The number of aliphatic hydroxyl groups excluding tert-OH is 1. The molecule has 0 unspecified atom stereocenters. The van der Waals surface area contributed by atoms with E-state index in [9.17, 15) is 14.4 Å². The highest BCUT2D eigenvalue weighted by Crippen LogP contribution is 2.30. The number of piperazine rings is 1. The van der Waals surface area contributed by atoms with Gasteiger partial charge in [0.2, 0.25) is 5.91 Å². The molecule has 5 rings (SSSR count). The lowest BCUT2D eigenvalue weighted by Gasteiger charge is -2.34. The standard InChI is InChI=1S/C29H30N6O5/c1-40-26-17-24-21(16-25(26)31-28(38)23-9-5-8-22(30-23)10-15-36)18-35(32-24)19-27(37)33-11-13-34(14-12-33)29(39)20-6-3-2-4-7-20/h2-9,16-18,36H,10-15,19H2,1H3,(H,31,38). The first-order chi connectivity index (χ1) is 19.4. The van der Waals surface area contributed by atoms with Gasteiger partial charge in [0, 0.05) is 68.1 Å². The molecule has 11 nitrogen and oxygen atoms in total. The second-order valence-electron chi connectivity index (χ2n) is 9.42. The minimum absolute atomic E-state index is 0.0310. The molecule has 3 amide bonds. The van der Waals surface area contributed by atoms with Crippen LogP contribution in [0, 0.1) is 0 Å². The van der Waals surface area contributed by atoms with E-state index in [0.717, 1.165) is 5.39 Å². The number of nitrogens with zero attached hydrogens (tertiary/aromatic N) is 5. The zero-order valence-corrected chi connectivity index (χ0v) is 22.1. The van der Waals surface area contributed by atoms with Crippen molar-refractivity contribution in [2.45, 2.75) is 13.0 Å². The molecule has 2 aromatic heterocycles.